The van der Waals surface area contributed by atoms with E-state index < -0.39 is 0 Å². The normalized spacial score (nSPS) is 20.4. The van der Waals surface area contributed by atoms with E-state index in [2.05, 4.69) is 0 Å². The lowest BCUT2D eigenvalue weighted by Gasteiger charge is -2.26. The molecule has 2 aliphatic rings. The van der Waals surface area contributed by atoms with Crippen molar-refractivity contribution < 1.29 is 24.5 Å². The van der Waals surface area contributed by atoms with Crippen LogP contribution in [0, 0.1) is 5.92 Å². The van der Waals surface area contributed by atoms with Crippen LogP contribution in [0.15, 0.2) is 48.2 Å². The van der Waals surface area contributed by atoms with Crippen molar-refractivity contribution in [1.29, 1.82) is 0 Å². The van der Waals surface area contributed by atoms with Gasteiger partial charge in [0.25, 0.3) is 0 Å². The Labute approximate surface area is 170 Å². The van der Waals surface area contributed by atoms with Crippen molar-refractivity contribution in [3.05, 3.63) is 59.4 Å². The number of aliphatic hydroxyl groups excluding tert-OH is 1. The first-order valence-corrected chi connectivity index (χ1v) is 10.2. The standard InChI is InChI=1S/C24H26O5/c1-2-16-3-4-18(17-5-7-19(25)8-6-17)14-20(16)24-21(26)11-15(12-22(24)27)13-23-28-9-10-29-23/h3-8,14-15,23,25-26H,2,9-13H2,1H3. The predicted octanol–water partition coefficient (Wildman–Crippen LogP) is 4.63. The first-order valence-electron chi connectivity index (χ1n) is 10.2. The Bertz CT molecular complexity index is 923. The lowest BCUT2D eigenvalue weighted by atomic mass is 9.80. The van der Waals surface area contributed by atoms with Crippen LogP contribution in [-0.2, 0) is 20.7 Å². The largest absolute Gasteiger partial charge is 0.512 e. The molecular weight excluding hydrogens is 368 g/mol. The Morgan fingerprint density at radius 3 is 2.31 bits per heavy atom. The SMILES string of the molecule is CCc1ccc(-c2ccc(O)cc2)cc1C1=C(O)CC(CC2OCCO2)CC1=O. The second kappa shape index (κ2) is 8.39. The summed E-state index contributed by atoms with van der Waals surface area (Å²) >= 11 is 0. The second-order valence-corrected chi connectivity index (χ2v) is 7.70. The number of allylic oxidation sites excluding steroid dienone is 2. The molecule has 1 atom stereocenters. The minimum Gasteiger partial charge on any atom is -0.512 e. The third-order valence-corrected chi connectivity index (χ3v) is 5.70. The molecule has 2 aromatic rings. The number of aromatic hydroxyl groups is 1. The molecule has 1 aliphatic carbocycles. The summed E-state index contributed by atoms with van der Waals surface area (Å²) in [5.41, 5.74) is 4.16. The molecule has 1 unspecified atom stereocenters. The van der Waals surface area contributed by atoms with Crippen molar-refractivity contribution >= 4 is 11.4 Å². The summed E-state index contributed by atoms with van der Waals surface area (Å²) in [6, 6.07) is 13.0. The molecule has 1 saturated heterocycles. The van der Waals surface area contributed by atoms with Crippen LogP contribution in [0.2, 0.25) is 0 Å². The van der Waals surface area contributed by atoms with Gasteiger partial charge in [-0.2, -0.15) is 0 Å². The van der Waals surface area contributed by atoms with Crippen LogP contribution >= 0.6 is 0 Å². The number of hydrogen-bond acceptors (Lipinski definition) is 5. The zero-order valence-electron chi connectivity index (χ0n) is 16.6. The maximum atomic E-state index is 13.0. The Hall–Kier alpha value is -2.63. The molecule has 0 aromatic heterocycles. The molecule has 1 heterocycles. The first-order chi connectivity index (χ1) is 14.0. The highest BCUT2D eigenvalue weighted by Crippen LogP contribution is 2.37. The summed E-state index contributed by atoms with van der Waals surface area (Å²) < 4.78 is 11.0. The van der Waals surface area contributed by atoms with Gasteiger partial charge in [0.15, 0.2) is 12.1 Å². The van der Waals surface area contributed by atoms with Crippen LogP contribution in [0.1, 0.15) is 37.3 Å². The van der Waals surface area contributed by atoms with E-state index >= 15 is 0 Å². The smallest absolute Gasteiger partial charge is 0.167 e. The molecular formula is C24H26O5. The van der Waals surface area contributed by atoms with Gasteiger partial charge < -0.3 is 19.7 Å². The quantitative estimate of drug-likeness (QED) is 0.773. The van der Waals surface area contributed by atoms with Gasteiger partial charge in [0.05, 0.1) is 18.8 Å². The number of rotatable bonds is 5. The van der Waals surface area contributed by atoms with Gasteiger partial charge in [0.1, 0.15) is 11.5 Å². The van der Waals surface area contributed by atoms with Crippen LogP contribution in [0.3, 0.4) is 0 Å². The summed E-state index contributed by atoms with van der Waals surface area (Å²) in [7, 11) is 0. The van der Waals surface area contributed by atoms with Gasteiger partial charge in [-0.1, -0.05) is 31.2 Å². The number of aryl methyl sites for hydroxylation is 1. The van der Waals surface area contributed by atoms with Crippen LogP contribution < -0.4 is 0 Å². The fourth-order valence-corrected chi connectivity index (χ4v) is 4.21. The number of phenols is 1. The van der Waals surface area contributed by atoms with E-state index in [1.165, 1.54) is 0 Å². The van der Waals surface area contributed by atoms with Gasteiger partial charge in [-0.25, -0.2) is 0 Å². The van der Waals surface area contributed by atoms with Crippen molar-refractivity contribution in [2.45, 2.75) is 38.9 Å². The molecule has 0 bridgehead atoms. The number of carbonyl (C=O) groups excluding carboxylic acids is 1. The van der Waals surface area contributed by atoms with Gasteiger partial charge >= 0.3 is 0 Å². The Morgan fingerprint density at radius 1 is 0.966 bits per heavy atom. The summed E-state index contributed by atoms with van der Waals surface area (Å²) in [4.78, 5) is 13.0. The van der Waals surface area contributed by atoms with Crippen LogP contribution in [0.5, 0.6) is 5.75 Å². The van der Waals surface area contributed by atoms with Crippen LogP contribution in [0.25, 0.3) is 16.7 Å². The minimum absolute atomic E-state index is 0.0275. The first kappa shape index (κ1) is 19.7. The second-order valence-electron chi connectivity index (χ2n) is 7.70. The van der Waals surface area contributed by atoms with Crippen molar-refractivity contribution in [2.24, 2.45) is 5.92 Å². The number of ether oxygens (including phenoxy) is 2. The van der Waals surface area contributed by atoms with Crippen LogP contribution in [-0.4, -0.2) is 35.5 Å². The molecule has 29 heavy (non-hydrogen) atoms. The number of hydrogen-bond donors (Lipinski definition) is 2. The minimum atomic E-state index is -0.272. The third kappa shape index (κ3) is 4.21. The molecule has 0 amide bonds. The van der Waals surface area contributed by atoms with E-state index in [-0.39, 0.29) is 29.5 Å². The molecule has 5 heteroatoms. The topological polar surface area (TPSA) is 76.0 Å². The van der Waals surface area contributed by atoms with Gasteiger partial charge in [0.2, 0.25) is 0 Å². The third-order valence-electron chi connectivity index (χ3n) is 5.70. The summed E-state index contributed by atoms with van der Waals surface area (Å²) in [5, 5.41) is 20.3. The number of ketones is 1. The summed E-state index contributed by atoms with van der Waals surface area (Å²) in [5.74, 6) is 0.360. The molecule has 0 spiro atoms. The molecule has 2 aromatic carbocycles. The maximum absolute atomic E-state index is 13.0. The highest BCUT2D eigenvalue weighted by atomic mass is 16.7. The molecule has 5 nitrogen and oxygen atoms in total. The van der Waals surface area contributed by atoms with E-state index in [0.29, 0.717) is 38.0 Å². The van der Waals surface area contributed by atoms with Crippen LogP contribution in [0.4, 0.5) is 0 Å². The summed E-state index contributed by atoms with van der Waals surface area (Å²) in [6.45, 7) is 3.21. The lowest BCUT2D eigenvalue weighted by molar-refractivity contribution is -0.116. The van der Waals surface area contributed by atoms with Gasteiger partial charge in [-0.3, -0.25) is 4.79 Å². The zero-order chi connectivity index (χ0) is 20.4. The molecule has 0 radical (unpaired) electrons. The van der Waals surface area contributed by atoms with E-state index in [1.54, 1.807) is 12.1 Å². The fourth-order valence-electron chi connectivity index (χ4n) is 4.21. The van der Waals surface area contributed by atoms with E-state index in [0.717, 1.165) is 28.7 Å². The van der Waals surface area contributed by atoms with Gasteiger partial charge in [-0.05, 0) is 52.8 Å². The number of Topliss-reactive ketones (excluding diaryl/α,β-unsaturated/α-hetero) is 1. The van der Waals surface area contributed by atoms with E-state index in [4.69, 9.17) is 9.47 Å². The zero-order valence-corrected chi connectivity index (χ0v) is 16.6. The Kier molecular flexibility index (Phi) is 5.69. The average Bonchev–Trinajstić information content (AvgIpc) is 3.21. The Balaban J connectivity index is 1.65. The highest BCUT2D eigenvalue weighted by molar-refractivity contribution is 6.22. The number of aliphatic hydroxyl groups is 1. The van der Waals surface area contributed by atoms with Crippen molar-refractivity contribution in [3.8, 4) is 16.9 Å². The van der Waals surface area contributed by atoms with Crippen molar-refractivity contribution in [2.75, 3.05) is 13.2 Å². The molecule has 2 N–H and O–H groups in total. The van der Waals surface area contributed by atoms with Crippen molar-refractivity contribution in [3.63, 3.8) is 0 Å². The molecule has 1 fully saturated rings. The predicted molar refractivity (Wildman–Crippen MR) is 111 cm³/mol. The molecule has 0 saturated carbocycles. The van der Waals surface area contributed by atoms with Crippen molar-refractivity contribution in [1.82, 2.24) is 0 Å². The highest BCUT2D eigenvalue weighted by Gasteiger charge is 2.32. The maximum Gasteiger partial charge on any atom is 0.167 e. The lowest BCUT2D eigenvalue weighted by Crippen LogP contribution is -2.23. The Morgan fingerprint density at radius 2 is 1.66 bits per heavy atom. The van der Waals surface area contributed by atoms with E-state index in [1.807, 2.05) is 37.3 Å². The molecule has 4 rings (SSSR count). The summed E-state index contributed by atoms with van der Waals surface area (Å²) in [6.07, 6.45) is 1.96. The monoisotopic (exact) mass is 394 g/mol. The fraction of sp³-hybridized carbons (Fsp3) is 0.375. The number of carbonyl (C=O) groups is 1. The average molecular weight is 394 g/mol. The van der Waals surface area contributed by atoms with E-state index in [9.17, 15) is 15.0 Å². The number of phenolic OH excluding ortho intramolecular Hbond substituents is 1. The van der Waals surface area contributed by atoms with Gasteiger partial charge in [0, 0.05) is 19.3 Å². The van der Waals surface area contributed by atoms with Gasteiger partial charge in [-0.15, -0.1) is 0 Å². The molecule has 152 valence electrons. The number of benzene rings is 2. The molecule has 1 aliphatic heterocycles.